The van der Waals surface area contributed by atoms with Crippen LogP contribution in [0.2, 0.25) is 0 Å². The van der Waals surface area contributed by atoms with E-state index in [1.165, 1.54) is 0 Å². The molecule has 0 spiro atoms. The van der Waals surface area contributed by atoms with Crippen LogP contribution < -0.4 is 10.1 Å². The predicted octanol–water partition coefficient (Wildman–Crippen LogP) is 3.58. The molecule has 1 saturated heterocycles. The first-order valence-corrected chi connectivity index (χ1v) is 10.7. The maximum atomic E-state index is 13.3. The Labute approximate surface area is 188 Å². The van der Waals surface area contributed by atoms with E-state index in [0.29, 0.717) is 37.2 Å². The summed E-state index contributed by atoms with van der Waals surface area (Å²) in [5.74, 6) is 0.374. The number of benzene rings is 2. The van der Waals surface area contributed by atoms with Gasteiger partial charge in [-0.05, 0) is 42.2 Å². The number of nitrogens with one attached hydrogen (secondary N) is 1. The Hall–Kier alpha value is -3.67. The molecule has 0 radical (unpaired) electrons. The number of pyridine rings is 1. The van der Waals surface area contributed by atoms with Gasteiger partial charge in [-0.3, -0.25) is 14.6 Å². The molecule has 6 heteroatoms. The van der Waals surface area contributed by atoms with E-state index < -0.39 is 5.41 Å². The van der Waals surface area contributed by atoms with Crippen LogP contribution in [-0.2, 0) is 11.2 Å². The van der Waals surface area contributed by atoms with Crippen molar-refractivity contribution in [2.24, 2.45) is 5.41 Å². The Morgan fingerprint density at radius 2 is 1.88 bits per heavy atom. The molecule has 0 bridgehead atoms. The van der Waals surface area contributed by atoms with Gasteiger partial charge in [0.15, 0.2) is 0 Å². The smallest absolute Gasteiger partial charge is 0.257 e. The zero-order chi connectivity index (χ0) is 22.6. The summed E-state index contributed by atoms with van der Waals surface area (Å²) in [4.78, 5) is 32.4. The van der Waals surface area contributed by atoms with Gasteiger partial charge in [-0.25, -0.2) is 0 Å². The highest BCUT2D eigenvalue weighted by Crippen LogP contribution is 2.38. The Balaban J connectivity index is 1.65. The normalized spacial score (nSPS) is 17.8. The number of hydrogen-bond acceptors (Lipinski definition) is 4. The molecule has 0 unspecified atom stereocenters. The second-order valence-corrected chi connectivity index (χ2v) is 8.11. The lowest BCUT2D eigenvalue weighted by Crippen LogP contribution is -2.44. The van der Waals surface area contributed by atoms with Gasteiger partial charge >= 0.3 is 0 Å². The number of para-hydroxylation sites is 1. The molecule has 1 atom stereocenters. The summed E-state index contributed by atoms with van der Waals surface area (Å²) in [6.07, 6.45) is 4.70. The number of methoxy groups -OCH3 is 1. The van der Waals surface area contributed by atoms with E-state index in [9.17, 15) is 9.59 Å². The van der Waals surface area contributed by atoms with Crippen LogP contribution in [0.5, 0.6) is 5.75 Å². The SMILES string of the molecule is CNC(=O)[C@]1(Cc2ccccc2-c2cccnc2)CCN(C(=O)c2ccccc2OC)C1. The fraction of sp³-hybridized carbons (Fsp3) is 0.269. The first-order valence-electron chi connectivity index (χ1n) is 10.7. The van der Waals surface area contributed by atoms with Gasteiger partial charge in [0.05, 0.1) is 18.1 Å². The molecule has 1 N–H and O–H groups in total. The zero-order valence-electron chi connectivity index (χ0n) is 18.4. The van der Waals surface area contributed by atoms with Gasteiger partial charge in [0.1, 0.15) is 5.75 Å². The highest BCUT2D eigenvalue weighted by atomic mass is 16.5. The molecular formula is C26H27N3O3. The van der Waals surface area contributed by atoms with Crippen LogP contribution in [0.15, 0.2) is 73.1 Å². The molecule has 0 saturated carbocycles. The molecule has 2 heterocycles. The van der Waals surface area contributed by atoms with Crippen molar-refractivity contribution in [3.63, 3.8) is 0 Å². The van der Waals surface area contributed by atoms with Crippen LogP contribution in [0.3, 0.4) is 0 Å². The number of hydrogen-bond donors (Lipinski definition) is 1. The van der Waals surface area contributed by atoms with E-state index in [2.05, 4.69) is 22.4 Å². The quantitative estimate of drug-likeness (QED) is 0.650. The van der Waals surface area contributed by atoms with Gasteiger partial charge in [0.25, 0.3) is 5.91 Å². The third kappa shape index (κ3) is 4.08. The first kappa shape index (κ1) is 21.6. The van der Waals surface area contributed by atoms with Gasteiger partial charge in [0, 0.05) is 38.1 Å². The van der Waals surface area contributed by atoms with Gasteiger partial charge in [-0.1, -0.05) is 42.5 Å². The number of carbonyl (C=O) groups excluding carboxylic acids is 2. The van der Waals surface area contributed by atoms with Crippen molar-refractivity contribution in [2.75, 3.05) is 27.2 Å². The monoisotopic (exact) mass is 429 g/mol. The Morgan fingerprint density at radius 3 is 2.62 bits per heavy atom. The van der Waals surface area contributed by atoms with Crippen LogP contribution in [-0.4, -0.2) is 48.9 Å². The molecule has 6 nitrogen and oxygen atoms in total. The topological polar surface area (TPSA) is 71.5 Å². The molecule has 1 aromatic heterocycles. The average Bonchev–Trinajstić information content (AvgIpc) is 3.29. The lowest BCUT2D eigenvalue weighted by molar-refractivity contribution is -0.129. The van der Waals surface area contributed by atoms with Crippen LogP contribution in [0, 0.1) is 5.41 Å². The number of likely N-dealkylation sites (tertiary alicyclic amines) is 1. The largest absolute Gasteiger partial charge is 0.496 e. The van der Waals surface area contributed by atoms with Crippen molar-refractivity contribution in [3.05, 3.63) is 84.2 Å². The number of aromatic nitrogens is 1. The van der Waals surface area contributed by atoms with Gasteiger partial charge < -0.3 is 15.0 Å². The zero-order valence-corrected chi connectivity index (χ0v) is 18.4. The number of nitrogens with zero attached hydrogens (tertiary/aromatic N) is 2. The minimum atomic E-state index is -0.704. The molecule has 2 amide bonds. The molecule has 1 aliphatic rings. The van der Waals surface area contributed by atoms with E-state index in [4.69, 9.17) is 4.74 Å². The highest BCUT2D eigenvalue weighted by Gasteiger charge is 2.46. The number of ether oxygens (including phenoxy) is 1. The fourth-order valence-electron chi connectivity index (χ4n) is 4.56. The first-order chi connectivity index (χ1) is 15.6. The van der Waals surface area contributed by atoms with Gasteiger partial charge in [-0.15, -0.1) is 0 Å². The summed E-state index contributed by atoms with van der Waals surface area (Å²) in [5.41, 5.74) is 2.94. The number of carbonyl (C=O) groups is 2. The van der Waals surface area contributed by atoms with E-state index in [1.807, 2.05) is 42.6 Å². The van der Waals surface area contributed by atoms with Crippen LogP contribution in [0.25, 0.3) is 11.1 Å². The summed E-state index contributed by atoms with van der Waals surface area (Å²) in [5, 5.41) is 2.84. The summed E-state index contributed by atoms with van der Waals surface area (Å²) >= 11 is 0. The minimum Gasteiger partial charge on any atom is -0.496 e. The molecule has 4 rings (SSSR count). The maximum absolute atomic E-state index is 13.3. The fourth-order valence-corrected chi connectivity index (χ4v) is 4.56. The molecule has 3 aromatic rings. The van der Waals surface area contributed by atoms with Crippen LogP contribution >= 0.6 is 0 Å². The molecule has 2 aromatic carbocycles. The van der Waals surface area contributed by atoms with Crippen molar-refractivity contribution < 1.29 is 14.3 Å². The molecular weight excluding hydrogens is 402 g/mol. The van der Waals surface area contributed by atoms with Gasteiger partial charge in [0.2, 0.25) is 5.91 Å². The van der Waals surface area contributed by atoms with E-state index in [0.717, 1.165) is 16.7 Å². The van der Waals surface area contributed by atoms with Crippen molar-refractivity contribution in [3.8, 4) is 16.9 Å². The highest BCUT2D eigenvalue weighted by molar-refractivity contribution is 5.98. The molecule has 1 fully saturated rings. The Kier molecular flexibility index (Phi) is 6.21. The second kappa shape index (κ2) is 9.22. The van der Waals surface area contributed by atoms with Crippen LogP contribution in [0.4, 0.5) is 0 Å². The number of rotatable bonds is 6. The molecule has 1 aliphatic heterocycles. The van der Waals surface area contributed by atoms with Crippen molar-refractivity contribution >= 4 is 11.8 Å². The summed E-state index contributed by atoms with van der Waals surface area (Å²) in [7, 11) is 3.21. The van der Waals surface area contributed by atoms with Gasteiger partial charge in [-0.2, -0.15) is 0 Å². The van der Waals surface area contributed by atoms with E-state index in [1.54, 1.807) is 37.4 Å². The standard InChI is InChI=1S/C26H27N3O3/c1-27-25(31)26(16-19-8-3-4-10-21(19)20-9-7-14-28-17-20)13-15-29(18-26)24(30)22-11-5-6-12-23(22)32-2/h3-12,14,17H,13,15-16,18H2,1-2H3,(H,27,31)/t26-/m0/s1. The van der Waals surface area contributed by atoms with Crippen LogP contribution in [0.1, 0.15) is 22.3 Å². The van der Waals surface area contributed by atoms with E-state index >= 15 is 0 Å². The molecule has 0 aliphatic carbocycles. The molecule has 164 valence electrons. The average molecular weight is 430 g/mol. The summed E-state index contributed by atoms with van der Waals surface area (Å²) in [6.45, 7) is 0.865. The van der Waals surface area contributed by atoms with Crippen molar-refractivity contribution in [2.45, 2.75) is 12.8 Å². The maximum Gasteiger partial charge on any atom is 0.257 e. The second-order valence-electron chi connectivity index (χ2n) is 8.11. The van der Waals surface area contributed by atoms with E-state index in [-0.39, 0.29) is 11.8 Å². The van der Waals surface area contributed by atoms with Crippen molar-refractivity contribution in [1.29, 1.82) is 0 Å². The number of amides is 2. The predicted molar refractivity (Wildman–Crippen MR) is 123 cm³/mol. The minimum absolute atomic E-state index is 0.0474. The third-order valence-electron chi connectivity index (χ3n) is 6.21. The third-order valence-corrected chi connectivity index (χ3v) is 6.21. The Morgan fingerprint density at radius 1 is 1.09 bits per heavy atom. The summed E-state index contributed by atoms with van der Waals surface area (Å²) in [6, 6.07) is 19.2. The summed E-state index contributed by atoms with van der Waals surface area (Å²) < 4.78 is 5.37. The lowest BCUT2D eigenvalue weighted by atomic mass is 9.78. The van der Waals surface area contributed by atoms with Crippen molar-refractivity contribution in [1.82, 2.24) is 15.2 Å². The molecule has 32 heavy (non-hydrogen) atoms. The lowest BCUT2D eigenvalue weighted by Gasteiger charge is -2.29. The Bertz CT molecular complexity index is 1120.